The van der Waals surface area contributed by atoms with E-state index < -0.39 is 0 Å². The summed E-state index contributed by atoms with van der Waals surface area (Å²) in [5, 5.41) is 0. The van der Waals surface area contributed by atoms with Crippen LogP contribution in [-0.2, 0) is 6.54 Å². The number of rotatable bonds is 3. The third-order valence-corrected chi connectivity index (χ3v) is 6.97. The lowest BCUT2D eigenvalue weighted by Crippen LogP contribution is -2.38. The maximum atomic E-state index is 6.36. The molecule has 0 saturated heterocycles. The predicted octanol–water partition coefficient (Wildman–Crippen LogP) is 4.50. The van der Waals surface area contributed by atoms with Crippen LogP contribution in [0.25, 0.3) is 0 Å². The standard InChI is InChI=1S/C17H24BrNO/c1-16(2)12-6-7-17(16,3)15(8-12)20-13-5-4-11(10-19)14(18)9-13/h4-5,9,12,15H,6-8,10,19H2,1-3H3. The Bertz CT molecular complexity index is 528. The average molecular weight is 338 g/mol. The fraction of sp³-hybridized carbons (Fsp3) is 0.647. The summed E-state index contributed by atoms with van der Waals surface area (Å²) in [4.78, 5) is 0. The van der Waals surface area contributed by atoms with Crippen LogP contribution in [0.5, 0.6) is 5.75 Å². The molecule has 2 saturated carbocycles. The van der Waals surface area contributed by atoms with Crippen molar-refractivity contribution in [2.75, 3.05) is 0 Å². The molecule has 2 aliphatic carbocycles. The predicted molar refractivity (Wildman–Crippen MR) is 85.7 cm³/mol. The molecule has 20 heavy (non-hydrogen) atoms. The Morgan fingerprint density at radius 3 is 2.60 bits per heavy atom. The zero-order valence-corrected chi connectivity index (χ0v) is 14.2. The smallest absolute Gasteiger partial charge is 0.120 e. The molecule has 1 aromatic rings. The molecule has 0 aliphatic heterocycles. The quantitative estimate of drug-likeness (QED) is 0.881. The largest absolute Gasteiger partial charge is 0.490 e. The SMILES string of the molecule is CC1(C)C2CCC1(C)C(Oc1ccc(CN)c(Br)c1)C2. The monoisotopic (exact) mass is 337 g/mol. The normalized spacial score (nSPS) is 34.5. The van der Waals surface area contributed by atoms with Gasteiger partial charge in [-0.2, -0.15) is 0 Å². The number of benzene rings is 1. The first-order chi connectivity index (χ1) is 9.38. The van der Waals surface area contributed by atoms with E-state index >= 15 is 0 Å². The molecule has 2 fully saturated rings. The number of ether oxygens (including phenoxy) is 1. The summed E-state index contributed by atoms with van der Waals surface area (Å²) in [5.74, 6) is 1.77. The summed E-state index contributed by atoms with van der Waals surface area (Å²) in [6.45, 7) is 7.80. The topological polar surface area (TPSA) is 35.2 Å². The Kier molecular flexibility index (Phi) is 3.41. The molecule has 3 rings (SSSR count). The van der Waals surface area contributed by atoms with Gasteiger partial charge in [0.2, 0.25) is 0 Å². The van der Waals surface area contributed by atoms with Gasteiger partial charge in [0.25, 0.3) is 0 Å². The minimum atomic E-state index is 0.302. The molecule has 3 atom stereocenters. The van der Waals surface area contributed by atoms with Crippen LogP contribution in [0.3, 0.4) is 0 Å². The van der Waals surface area contributed by atoms with Gasteiger partial charge in [0, 0.05) is 16.4 Å². The first kappa shape index (κ1) is 14.4. The van der Waals surface area contributed by atoms with Gasteiger partial charge in [-0.25, -0.2) is 0 Å². The highest BCUT2D eigenvalue weighted by Gasteiger charge is 2.62. The zero-order chi connectivity index (χ0) is 14.5. The summed E-state index contributed by atoms with van der Waals surface area (Å²) in [6, 6.07) is 6.17. The van der Waals surface area contributed by atoms with Crippen LogP contribution in [0.15, 0.2) is 22.7 Å². The number of fused-ring (bicyclic) bond motifs is 2. The molecule has 3 unspecified atom stereocenters. The molecule has 2 bridgehead atoms. The molecule has 0 amide bonds. The van der Waals surface area contributed by atoms with Gasteiger partial charge < -0.3 is 10.5 Å². The van der Waals surface area contributed by atoms with Crippen molar-refractivity contribution in [1.82, 2.24) is 0 Å². The van der Waals surface area contributed by atoms with E-state index in [9.17, 15) is 0 Å². The average Bonchev–Trinajstić information content (AvgIpc) is 2.72. The van der Waals surface area contributed by atoms with E-state index in [0.29, 0.717) is 23.5 Å². The van der Waals surface area contributed by atoms with Gasteiger partial charge in [0.1, 0.15) is 11.9 Å². The summed E-state index contributed by atoms with van der Waals surface area (Å²) >= 11 is 3.57. The van der Waals surface area contributed by atoms with Crippen LogP contribution in [0, 0.1) is 16.7 Å². The van der Waals surface area contributed by atoms with Crippen molar-refractivity contribution in [1.29, 1.82) is 0 Å². The van der Waals surface area contributed by atoms with Crippen molar-refractivity contribution in [3.05, 3.63) is 28.2 Å². The Balaban J connectivity index is 1.81. The Hall–Kier alpha value is -0.540. The van der Waals surface area contributed by atoms with Crippen molar-refractivity contribution in [2.24, 2.45) is 22.5 Å². The van der Waals surface area contributed by atoms with Crippen molar-refractivity contribution in [2.45, 2.75) is 52.7 Å². The van der Waals surface area contributed by atoms with Crippen molar-refractivity contribution < 1.29 is 4.74 Å². The second-order valence-corrected chi connectivity index (χ2v) is 8.03. The summed E-state index contributed by atoms with van der Waals surface area (Å²) in [5.41, 5.74) is 7.52. The van der Waals surface area contributed by atoms with Crippen LogP contribution in [-0.4, -0.2) is 6.10 Å². The zero-order valence-electron chi connectivity index (χ0n) is 12.6. The molecule has 110 valence electrons. The molecule has 2 aliphatic rings. The van der Waals surface area contributed by atoms with Gasteiger partial charge in [-0.3, -0.25) is 0 Å². The van der Waals surface area contributed by atoms with Gasteiger partial charge >= 0.3 is 0 Å². The molecule has 1 aromatic carbocycles. The van der Waals surface area contributed by atoms with E-state index in [2.05, 4.69) is 54.9 Å². The number of halogens is 1. The second kappa shape index (κ2) is 4.74. The summed E-state index contributed by atoms with van der Waals surface area (Å²) in [7, 11) is 0. The summed E-state index contributed by atoms with van der Waals surface area (Å²) in [6.07, 6.45) is 4.18. The fourth-order valence-electron chi connectivity index (χ4n) is 4.24. The molecule has 2 nitrogen and oxygen atoms in total. The van der Waals surface area contributed by atoms with Crippen LogP contribution in [0.4, 0.5) is 0 Å². The molecular weight excluding hydrogens is 314 g/mol. The lowest BCUT2D eigenvalue weighted by molar-refractivity contribution is 0.0301. The number of hydrogen-bond acceptors (Lipinski definition) is 2. The Morgan fingerprint density at radius 2 is 2.10 bits per heavy atom. The molecule has 3 heteroatoms. The van der Waals surface area contributed by atoms with Crippen LogP contribution >= 0.6 is 15.9 Å². The van der Waals surface area contributed by atoms with E-state index in [1.807, 2.05) is 0 Å². The minimum Gasteiger partial charge on any atom is -0.490 e. The molecule has 0 aromatic heterocycles. The number of hydrogen-bond donors (Lipinski definition) is 1. The molecular formula is C17H24BrNO. The van der Waals surface area contributed by atoms with Gasteiger partial charge in [0.05, 0.1) is 0 Å². The highest BCUT2D eigenvalue weighted by atomic mass is 79.9. The van der Waals surface area contributed by atoms with Crippen LogP contribution in [0.2, 0.25) is 0 Å². The second-order valence-electron chi connectivity index (χ2n) is 7.17. The van der Waals surface area contributed by atoms with E-state index in [0.717, 1.165) is 21.7 Å². The lowest BCUT2D eigenvalue weighted by atomic mass is 9.70. The highest BCUT2D eigenvalue weighted by Crippen LogP contribution is 2.66. The molecule has 0 radical (unpaired) electrons. The Labute approximate surface area is 130 Å². The maximum absolute atomic E-state index is 6.36. The van der Waals surface area contributed by atoms with Gasteiger partial charge in [0.15, 0.2) is 0 Å². The van der Waals surface area contributed by atoms with Crippen LogP contribution in [0.1, 0.15) is 45.6 Å². The first-order valence-corrected chi connectivity index (χ1v) is 8.33. The number of nitrogens with two attached hydrogens (primary N) is 1. The molecule has 0 heterocycles. The maximum Gasteiger partial charge on any atom is 0.120 e. The van der Waals surface area contributed by atoms with Gasteiger partial charge in [-0.15, -0.1) is 0 Å². The van der Waals surface area contributed by atoms with Crippen LogP contribution < -0.4 is 10.5 Å². The van der Waals surface area contributed by atoms with E-state index in [4.69, 9.17) is 10.5 Å². The first-order valence-electron chi connectivity index (χ1n) is 7.53. The Morgan fingerprint density at radius 1 is 1.35 bits per heavy atom. The highest BCUT2D eigenvalue weighted by molar-refractivity contribution is 9.10. The van der Waals surface area contributed by atoms with E-state index in [1.54, 1.807) is 0 Å². The molecule has 2 N–H and O–H groups in total. The fourth-order valence-corrected chi connectivity index (χ4v) is 4.76. The van der Waals surface area contributed by atoms with Crippen molar-refractivity contribution >= 4 is 15.9 Å². The lowest BCUT2D eigenvalue weighted by Gasteiger charge is -2.38. The summed E-state index contributed by atoms with van der Waals surface area (Å²) < 4.78 is 7.40. The third-order valence-electron chi connectivity index (χ3n) is 6.24. The molecule has 0 spiro atoms. The van der Waals surface area contributed by atoms with E-state index in [-0.39, 0.29) is 0 Å². The van der Waals surface area contributed by atoms with E-state index in [1.165, 1.54) is 19.3 Å². The van der Waals surface area contributed by atoms with Gasteiger partial charge in [-0.05, 0) is 48.3 Å². The van der Waals surface area contributed by atoms with Gasteiger partial charge in [-0.1, -0.05) is 42.8 Å². The van der Waals surface area contributed by atoms with Crippen molar-refractivity contribution in [3.8, 4) is 5.75 Å². The minimum absolute atomic E-state index is 0.302. The third kappa shape index (κ3) is 1.93. The van der Waals surface area contributed by atoms with Crippen molar-refractivity contribution in [3.63, 3.8) is 0 Å².